The van der Waals surface area contributed by atoms with Gasteiger partial charge in [-0.1, -0.05) is 0 Å². The van der Waals surface area contributed by atoms with E-state index in [0.29, 0.717) is 11.5 Å². The lowest BCUT2D eigenvalue weighted by Crippen LogP contribution is -2.04. The molecule has 70 valence electrons. The maximum absolute atomic E-state index is 10.4. The van der Waals surface area contributed by atoms with Gasteiger partial charge in [0.25, 0.3) is 0 Å². The van der Waals surface area contributed by atoms with E-state index >= 15 is 0 Å². The molecular formula is C7H8ClN3O2. The summed E-state index contributed by atoms with van der Waals surface area (Å²) in [6.45, 7) is 0. The zero-order valence-electron chi connectivity index (χ0n) is 6.91. The normalized spacial score (nSPS) is 9.69. The Morgan fingerprint density at radius 1 is 1.69 bits per heavy atom. The van der Waals surface area contributed by atoms with Crippen molar-refractivity contribution in [2.24, 2.45) is 0 Å². The highest BCUT2D eigenvalue weighted by atomic mass is 35.5. The number of halogens is 1. The predicted octanol–water partition coefficient (Wildman–Crippen LogP) is 0.799. The zero-order chi connectivity index (χ0) is 9.84. The molecule has 0 saturated carbocycles. The third-order valence-electron chi connectivity index (χ3n) is 1.34. The van der Waals surface area contributed by atoms with E-state index in [1.165, 1.54) is 0 Å². The summed E-state index contributed by atoms with van der Waals surface area (Å²) in [6, 6.07) is 1.54. The third kappa shape index (κ3) is 2.87. The molecule has 0 aliphatic carbocycles. The van der Waals surface area contributed by atoms with Crippen LogP contribution < -0.4 is 5.32 Å². The number of aliphatic carboxylic acids is 1. The Morgan fingerprint density at radius 3 is 2.92 bits per heavy atom. The van der Waals surface area contributed by atoms with Crippen molar-refractivity contribution in [3.8, 4) is 0 Å². The lowest BCUT2D eigenvalue weighted by Gasteiger charge is -2.01. The molecule has 0 saturated heterocycles. The summed E-state index contributed by atoms with van der Waals surface area (Å²) in [4.78, 5) is 17.9. The molecule has 0 fully saturated rings. The first-order valence-electron chi connectivity index (χ1n) is 3.55. The van der Waals surface area contributed by atoms with Crippen molar-refractivity contribution in [2.75, 3.05) is 12.4 Å². The van der Waals surface area contributed by atoms with Gasteiger partial charge in [0.15, 0.2) is 0 Å². The van der Waals surface area contributed by atoms with Crippen molar-refractivity contribution in [3.05, 3.63) is 17.0 Å². The second-order valence-corrected chi connectivity index (χ2v) is 2.67. The minimum atomic E-state index is -0.947. The molecule has 0 aromatic carbocycles. The van der Waals surface area contributed by atoms with Gasteiger partial charge in [-0.15, -0.1) is 0 Å². The monoisotopic (exact) mass is 201 g/mol. The number of carboxylic acid groups (broad SMARTS) is 1. The lowest BCUT2D eigenvalue weighted by molar-refractivity contribution is -0.136. The number of carbonyl (C=O) groups is 1. The maximum Gasteiger partial charge on any atom is 0.309 e. The number of hydrogen-bond donors (Lipinski definition) is 2. The van der Waals surface area contributed by atoms with Crippen molar-refractivity contribution in [2.45, 2.75) is 6.42 Å². The Kier molecular flexibility index (Phi) is 3.02. The van der Waals surface area contributed by atoms with Crippen molar-refractivity contribution in [1.29, 1.82) is 0 Å². The topological polar surface area (TPSA) is 75.1 Å². The fraction of sp³-hybridized carbons (Fsp3) is 0.286. The quantitative estimate of drug-likeness (QED) is 0.708. The maximum atomic E-state index is 10.4. The molecule has 1 rings (SSSR count). The SMILES string of the molecule is CNc1cc(CC(=O)O)nc(Cl)n1. The minimum Gasteiger partial charge on any atom is -0.481 e. The van der Waals surface area contributed by atoms with E-state index in [0.717, 1.165) is 0 Å². The van der Waals surface area contributed by atoms with Crippen molar-refractivity contribution in [3.63, 3.8) is 0 Å². The van der Waals surface area contributed by atoms with Crippen molar-refractivity contribution >= 4 is 23.4 Å². The number of carboxylic acids is 1. The third-order valence-corrected chi connectivity index (χ3v) is 1.51. The first kappa shape index (κ1) is 9.73. The van der Waals surface area contributed by atoms with Crippen molar-refractivity contribution in [1.82, 2.24) is 9.97 Å². The molecule has 0 aliphatic rings. The molecule has 5 nitrogen and oxygen atoms in total. The van der Waals surface area contributed by atoms with Crippen LogP contribution >= 0.6 is 11.6 Å². The standard InChI is InChI=1S/C7H8ClN3O2/c1-9-5-2-4(3-6(12)13)10-7(8)11-5/h2H,3H2,1H3,(H,12,13)(H,9,10,11). The van der Waals surface area contributed by atoms with E-state index in [-0.39, 0.29) is 11.7 Å². The molecule has 2 N–H and O–H groups in total. The molecule has 1 heterocycles. The number of hydrogen-bond acceptors (Lipinski definition) is 4. The van der Waals surface area contributed by atoms with Gasteiger partial charge in [0.1, 0.15) is 5.82 Å². The number of nitrogens with zero attached hydrogens (tertiary/aromatic N) is 2. The van der Waals surface area contributed by atoms with Gasteiger partial charge in [0.05, 0.1) is 12.1 Å². The van der Waals surface area contributed by atoms with Gasteiger partial charge in [-0.3, -0.25) is 4.79 Å². The van der Waals surface area contributed by atoms with Crippen LogP contribution in [0.1, 0.15) is 5.69 Å². The molecule has 6 heteroatoms. The molecule has 0 amide bonds. The molecule has 1 aromatic rings. The van der Waals surface area contributed by atoms with Crippen LogP contribution in [0, 0.1) is 0 Å². The Labute approximate surface area is 79.8 Å². The number of rotatable bonds is 3. The van der Waals surface area contributed by atoms with E-state index in [1.54, 1.807) is 13.1 Å². The van der Waals surface area contributed by atoms with E-state index in [1.807, 2.05) is 0 Å². The zero-order valence-corrected chi connectivity index (χ0v) is 7.67. The minimum absolute atomic E-state index is 0.0445. The summed E-state index contributed by atoms with van der Waals surface area (Å²) < 4.78 is 0. The molecule has 0 radical (unpaired) electrons. The Balaban J connectivity index is 2.94. The molecule has 0 unspecified atom stereocenters. The number of aromatic nitrogens is 2. The van der Waals surface area contributed by atoms with Crippen LogP contribution in [-0.2, 0) is 11.2 Å². The Bertz CT molecular complexity index is 330. The summed E-state index contributed by atoms with van der Waals surface area (Å²) in [5.74, 6) is -0.437. The van der Waals surface area contributed by atoms with Crippen LogP contribution in [0.25, 0.3) is 0 Å². The predicted molar refractivity (Wildman–Crippen MR) is 47.9 cm³/mol. The molecule has 1 aromatic heterocycles. The van der Waals surface area contributed by atoms with Crippen LogP contribution in [0.3, 0.4) is 0 Å². The second-order valence-electron chi connectivity index (χ2n) is 2.33. The molecule has 0 atom stereocenters. The van der Waals surface area contributed by atoms with Gasteiger partial charge < -0.3 is 10.4 Å². The number of anilines is 1. The van der Waals surface area contributed by atoms with Crippen molar-refractivity contribution < 1.29 is 9.90 Å². The summed E-state index contributed by atoms with van der Waals surface area (Å²) in [7, 11) is 1.67. The fourth-order valence-electron chi connectivity index (χ4n) is 0.839. The van der Waals surface area contributed by atoms with E-state index < -0.39 is 5.97 Å². The van der Waals surface area contributed by atoms with E-state index in [2.05, 4.69) is 15.3 Å². The summed E-state index contributed by atoms with van der Waals surface area (Å²) >= 11 is 5.56. The number of nitrogens with one attached hydrogen (secondary N) is 1. The lowest BCUT2D eigenvalue weighted by atomic mass is 10.3. The molecule has 0 aliphatic heterocycles. The largest absolute Gasteiger partial charge is 0.481 e. The van der Waals surface area contributed by atoms with E-state index in [4.69, 9.17) is 16.7 Å². The van der Waals surface area contributed by atoms with Gasteiger partial charge in [-0.2, -0.15) is 0 Å². The molecule has 0 spiro atoms. The first-order valence-corrected chi connectivity index (χ1v) is 3.92. The van der Waals surface area contributed by atoms with Gasteiger partial charge in [0.2, 0.25) is 5.28 Å². The van der Waals surface area contributed by atoms with Crippen LogP contribution in [0.5, 0.6) is 0 Å². The smallest absolute Gasteiger partial charge is 0.309 e. The molecule has 13 heavy (non-hydrogen) atoms. The van der Waals surface area contributed by atoms with E-state index in [9.17, 15) is 4.79 Å². The van der Waals surface area contributed by atoms with Gasteiger partial charge >= 0.3 is 5.97 Å². The first-order chi connectivity index (χ1) is 6.11. The second kappa shape index (κ2) is 4.04. The summed E-state index contributed by atoms with van der Waals surface area (Å²) in [5.41, 5.74) is 0.386. The van der Waals surface area contributed by atoms with Crippen LogP contribution in [-0.4, -0.2) is 28.1 Å². The average molecular weight is 202 g/mol. The highest BCUT2D eigenvalue weighted by molar-refractivity contribution is 6.28. The van der Waals surface area contributed by atoms with Gasteiger partial charge in [-0.05, 0) is 11.6 Å². The fourth-order valence-corrected chi connectivity index (χ4v) is 1.04. The highest BCUT2D eigenvalue weighted by Crippen LogP contribution is 2.10. The summed E-state index contributed by atoms with van der Waals surface area (Å²) in [5, 5.41) is 11.3. The summed E-state index contributed by atoms with van der Waals surface area (Å²) in [6.07, 6.45) is -0.156. The Morgan fingerprint density at radius 2 is 2.38 bits per heavy atom. The van der Waals surface area contributed by atoms with Crippen LogP contribution in [0.4, 0.5) is 5.82 Å². The Hall–Kier alpha value is -1.36. The van der Waals surface area contributed by atoms with Crippen LogP contribution in [0.2, 0.25) is 5.28 Å². The van der Waals surface area contributed by atoms with Gasteiger partial charge in [0, 0.05) is 13.1 Å². The van der Waals surface area contributed by atoms with Crippen LogP contribution in [0.15, 0.2) is 6.07 Å². The average Bonchev–Trinajstić information content (AvgIpc) is 2.01. The molecular weight excluding hydrogens is 194 g/mol. The highest BCUT2D eigenvalue weighted by Gasteiger charge is 2.05. The van der Waals surface area contributed by atoms with Gasteiger partial charge in [-0.25, -0.2) is 9.97 Å². The molecule has 0 bridgehead atoms.